The van der Waals surface area contributed by atoms with Gasteiger partial charge >= 0.3 is 17.8 Å². The van der Waals surface area contributed by atoms with Gasteiger partial charge in [-0.15, -0.1) is 0 Å². The molecule has 0 radical (unpaired) electrons. The minimum Gasteiger partial charge on any atom is -0.481 e. The Balaban J connectivity index is 2.16. The van der Waals surface area contributed by atoms with Crippen molar-refractivity contribution < 1.29 is 23.1 Å². The number of halogens is 3. The van der Waals surface area contributed by atoms with Crippen molar-refractivity contribution in [2.75, 3.05) is 0 Å². The molecule has 0 bridgehead atoms. The summed E-state index contributed by atoms with van der Waals surface area (Å²) in [6, 6.07) is 4.78. The lowest BCUT2D eigenvalue weighted by molar-refractivity contribution is -0.141. The fraction of sp³-hybridized carbons (Fsp3) is 0.312. The number of aromatic nitrogens is 2. The van der Waals surface area contributed by atoms with Crippen LogP contribution in [-0.2, 0) is 16.5 Å². The van der Waals surface area contributed by atoms with Crippen LogP contribution in [0.5, 0.6) is 0 Å². The van der Waals surface area contributed by atoms with Gasteiger partial charge in [-0.3, -0.25) is 9.59 Å². The quantitative estimate of drug-likeness (QED) is 0.679. The SMILES string of the molecule is CCC1(CC(=O)O)NSc2ccc(-n3c(=O)cc(C(F)(F)F)[nH]c3=O)cc21. The molecule has 1 unspecified atom stereocenters. The first-order chi connectivity index (χ1) is 12.6. The molecule has 0 spiro atoms. The molecule has 1 aromatic carbocycles. The van der Waals surface area contributed by atoms with E-state index in [1.165, 1.54) is 24.1 Å². The molecule has 7 nitrogen and oxygen atoms in total. The molecule has 0 amide bonds. The van der Waals surface area contributed by atoms with Crippen molar-refractivity contribution in [3.63, 3.8) is 0 Å². The number of aliphatic carboxylic acids is 1. The average Bonchev–Trinajstić information content (AvgIpc) is 2.91. The number of hydrogen-bond acceptors (Lipinski definition) is 5. The monoisotopic (exact) mass is 401 g/mol. The summed E-state index contributed by atoms with van der Waals surface area (Å²) < 4.78 is 41.9. The number of carboxylic acids is 1. The van der Waals surface area contributed by atoms with Crippen LogP contribution in [-0.4, -0.2) is 20.6 Å². The van der Waals surface area contributed by atoms with E-state index in [1.54, 1.807) is 18.0 Å². The van der Waals surface area contributed by atoms with Gasteiger partial charge in [-0.05, 0) is 42.1 Å². The fourth-order valence-electron chi connectivity index (χ4n) is 3.00. The third kappa shape index (κ3) is 3.39. The van der Waals surface area contributed by atoms with Crippen molar-refractivity contribution in [3.05, 3.63) is 56.4 Å². The maximum Gasteiger partial charge on any atom is 0.431 e. The Morgan fingerprint density at radius 3 is 2.56 bits per heavy atom. The van der Waals surface area contributed by atoms with E-state index in [0.717, 1.165) is 4.90 Å². The molecule has 3 rings (SSSR count). The van der Waals surface area contributed by atoms with Crippen LogP contribution in [0, 0.1) is 0 Å². The first-order valence-electron chi connectivity index (χ1n) is 7.82. The van der Waals surface area contributed by atoms with E-state index in [4.69, 9.17) is 0 Å². The van der Waals surface area contributed by atoms with Gasteiger partial charge < -0.3 is 10.1 Å². The molecule has 2 aromatic rings. The number of nitrogens with zero attached hydrogens (tertiary/aromatic N) is 1. The number of H-pyrrole nitrogens is 1. The van der Waals surface area contributed by atoms with Crippen molar-refractivity contribution in [1.29, 1.82) is 0 Å². The Morgan fingerprint density at radius 1 is 1.30 bits per heavy atom. The lowest BCUT2D eigenvalue weighted by atomic mass is 9.85. The van der Waals surface area contributed by atoms with Crippen LogP contribution in [0.4, 0.5) is 13.2 Å². The minimum absolute atomic E-state index is 0.0567. The van der Waals surface area contributed by atoms with Gasteiger partial charge in [0.2, 0.25) is 0 Å². The van der Waals surface area contributed by atoms with Gasteiger partial charge in [0.15, 0.2) is 0 Å². The highest BCUT2D eigenvalue weighted by atomic mass is 32.2. The molecule has 1 aliphatic heterocycles. The van der Waals surface area contributed by atoms with E-state index in [-0.39, 0.29) is 12.1 Å². The molecule has 0 saturated heterocycles. The predicted molar refractivity (Wildman–Crippen MR) is 90.9 cm³/mol. The minimum atomic E-state index is -4.85. The standard InChI is InChI=1S/C16H14F3N3O4S/c1-2-15(7-13(24)25)9-5-8(3-4-10(9)27-21-15)22-12(23)6-11(16(17,18)19)20-14(22)26/h3-6,21H,2,7H2,1H3,(H,20,26)(H,24,25). The van der Waals surface area contributed by atoms with Crippen LogP contribution in [0.2, 0.25) is 0 Å². The highest BCUT2D eigenvalue weighted by Crippen LogP contribution is 2.44. The van der Waals surface area contributed by atoms with E-state index in [1.807, 2.05) is 0 Å². The molecule has 144 valence electrons. The van der Waals surface area contributed by atoms with Gasteiger partial charge in [0.25, 0.3) is 5.56 Å². The van der Waals surface area contributed by atoms with E-state index in [2.05, 4.69) is 4.72 Å². The van der Waals surface area contributed by atoms with Crippen LogP contribution in [0.25, 0.3) is 5.69 Å². The second kappa shape index (κ2) is 6.57. The second-order valence-electron chi connectivity index (χ2n) is 6.05. The van der Waals surface area contributed by atoms with Crippen molar-refractivity contribution in [2.24, 2.45) is 0 Å². The zero-order valence-corrected chi connectivity index (χ0v) is 14.7. The smallest absolute Gasteiger partial charge is 0.431 e. The van der Waals surface area contributed by atoms with Gasteiger partial charge in [-0.25, -0.2) is 14.1 Å². The molecule has 27 heavy (non-hydrogen) atoms. The van der Waals surface area contributed by atoms with Crippen molar-refractivity contribution in [1.82, 2.24) is 14.3 Å². The van der Waals surface area contributed by atoms with Gasteiger partial charge in [-0.1, -0.05) is 6.92 Å². The van der Waals surface area contributed by atoms with Crippen LogP contribution in [0.1, 0.15) is 31.0 Å². The zero-order valence-electron chi connectivity index (χ0n) is 13.9. The van der Waals surface area contributed by atoms with E-state index < -0.39 is 34.6 Å². The lowest BCUT2D eigenvalue weighted by Gasteiger charge is -2.27. The molecule has 1 aliphatic rings. The van der Waals surface area contributed by atoms with Crippen LogP contribution in [0.3, 0.4) is 0 Å². The summed E-state index contributed by atoms with van der Waals surface area (Å²) in [5.41, 5.74) is -4.08. The molecule has 0 saturated carbocycles. The largest absolute Gasteiger partial charge is 0.481 e. The summed E-state index contributed by atoms with van der Waals surface area (Å²) in [4.78, 5) is 37.9. The van der Waals surface area contributed by atoms with Gasteiger partial charge in [0.05, 0.1) is 17.6 Å². The van der Waals surface area contributed by atoms with Crippen LogP contribution in [0.15, 0.2) is 38.8 Å². The van der Waals surface area contributed by atoms with Gasteiger partial charge in [-0.2, -0.15) is 13.2 Å². The maximum absolute atomic E-state index is 12.7. The molecular formula is C16H14F3N3O4S. The number of alkyl halides is 3. The second-order valence-corrected chi connectivity index (χ2v) is 6.90. The Labute approximate surface area is 154 Å². The molecule has 0 fully saturated rings. The summed E-state index contributed by atoms with van der Waals surface area (Å²) in [5, 5.41) is 9.21. The summed E-state index contributed by atoms with van der Waals surface area (Å²) in [6.45, 7) is 1.79. The molecule has 1 atom stereocenters. The summed E-state index contributed by atoms with van der Waals surface area (Å²) in [7, 11) is 0. The lowest BCUT2D eigenvalue weighted by Crippen LogP contribution is -2.37. The van der Waals surface area contributed by atoms with E-state index in [0.29, 0.717) is 22.6 Å². The number of rotatable bonds is 4. The molecular weight excluding hydrogens is 387 g/mol. The molecule has 11 heteroatoms. The van der Waals surface area contributed by atoms with Crippen molar-refractivity contribution in [3.8, 4) is 5.69 Å². The summed E-state index contributed by atoms with van der Waals surface area (Å²) in [5.74, 6) is -1.03. The highest BCUT2D eigenvalue weighted by molar-refractivity contribution is 7.97. The maximum atomic E-state index is 12.7. The highest BCUT2D eigenvalue weighted by Gasteiger charge is 2.40. The number of carbonyl (C=O) groups is 1. The summed E-state index contributed by atoms with van der Waals surface area (Å²) >= 11 is 1.22. The number of hydrogen-bond donors (Lipinski definition) is 3. The fourth-order valence-corrected chi connectivity index (χ4v) is 4.13. The van der Waals surface area contributed by atoms with Crippen LogP contribution >= 0.6 is 11.9 Å². The number of fused-ring (bicyclic) bond motifs is 1. The topological polar surface area (TPSA) is 104 Å². The molecule has 2 heterocycles. The first-order valence-corrected chi connectivity index (χ1v) is 8.63. The molecule has 0 aliphatic carbocycles. The zero-order chi connectivity index (χ0) is 20.0. The third-order valence-electron chi connectivity index (χ3n) is 4.39. The Kier molecular flexibility index (Phi) is 4.68. The molecule has 3 N–H and O–H groups in total. The number of carboxylic acid groups (broad SMARTS) is 1. The average molecular weight is 401 g/mol. The number of nitrogens with one attached hydrogen (secondary N) is 2. The van der Waals surface area contributed by atoms with Crippen molar-refractivity contribution in [2.45, 2.75) is 36.4 Å². The van der Waals surface area contributed by atoms with Gasteiger partial charge in [0, 0.05) is 11.0 Å². The third-order valence-corrected chi connectivity index (χ3v) is 5.46. The predicted octanol–water partition coefficient (Wildman–Crippen LogP) is 2.23. The summed E-state index contributed by atoms with van der Waals surface area (Å²) in [6.07, 6.45) is -4.67. The first kappa shape index (κ1) is 19.2. The number of aromatic amines is 1. The Bertz CT molecular complexity index is 1000. The Morgan fingerprint density at radius 2 is 2.00 bits per heavy atom. The van der Waals surface area contributed by atoms with E-state index >= 15 is 0 Å². The normalized spacial score (nSPS) is 19.1. The van der Waals surface area contributed by atoms with E-state index in [9.17, 15) is 32.7 Å². The molecule has 1 aromatic heterocycles. The van der Waals surface area contributed by atoms with Gasteiger partial charge in [0.1, 0.15) is 5.69 Å². The van der Waals surface area contributed by atoms with Crippen molar-refractivity contribution >= 4 is 17.9 Å². The Hall–Kier alpha value is -2.53. The van der Waals surface area contributed by atoms with Crippen LogP contribution < -0.4 is 16.0 Å². The number of benzene rings is 1.